The summed E-state index contributed by atoms with van der Waals surface area (Å²) in [6.07, 6.45) is 12.2. The van der Waals surface area contributed by atoms with Gasteiger partial charge in [-0.1, -0.05) is 19.3 Å². The van der Waals surface area contributed by atoms with Crippen molar-refractivity contribution in [2.45, 2.75) is 75.4 Å². The number of hydrogen-bond donors (Lipinski definition) is 2. The number of fused-ring (bicyclic) bond motifs is 4. The molecule has 3 fully saturated rings. The first-order valence-electron chi connectivity index (χ1n) is 14.8. The summed E-state index contributed by atoms with van der Waals surface area (Å²) >= 11 is 0. The molecule has 2 aromatic heterocycles. The van der Waals surface area contributed by atoms with Gasteiger partial charge in [0.05, 0.1) is 5.54 Å². The average Bonchev–Trinajstić information content (AvgIpc) is 3.37. The van der Waals surface area contributed by atoms with E-state index in [1.807, 2.05) is 24.4 Å². The normalized spacial score (nSPS) is 25.5. The predicted molar refractivity (Wildman–Crippen MR) is 151 cm³/mol. The van der Waals surface area contributed by atoms with Crippen LogP contribution < -0.4 is 15.5 Å². The van der Waals surface area contributed by atoms with Crippen LogP contribution in [0.1, 0.15) is 68.3 Å². The largest absolute Gasteiger partial charge is 0.369 e. The van der Waals surface area contributed by atoms with Crippen molar-refractivity contribution in [1.29, 1.82) is 0 Å². The number of aromatic nitrogens is 3. The third kappa shape index (κ3) is 4.64. The molecule has 8 nitrogen and oxygen atoms in total. The van der Waals surface area contributed by atoms with Crippen LogP contribution >= 0.6 is 0 Å². The molecule has 1 spiro atoms. The third-order valence-electron chi connectivity index (χ3n) is 9.66. The summed E-state index contributed by atoms with van der Waals surface area (Å²) in [6, 6.07) is 9.81. The van der Waals surface area contributed by atoms with Crippen LogP contribution in [0.5, 0.6) is 0 Å². The van der Waals surface area contributed by atoms with Crippen molar-refractivity contribution in [3.63, 3.8) is 0 Å². The molecule has 206 valence electrons. The molecule has 1 aromatic carbocycles. The van der Waals surface area contributed by atoms with Crippen LogP contribution in [0.4, 0.5) is 16.0 Å². The molecule has 0 radical (unpaired) electrons. The molecule has 4 heterocycles. The molecule has 39 heavy (non-hydrogen) atoms. The Morgan fingerprint density at radius 3 is 2.46 bits per heavy atom. The van der Waals surface area contributed by atoms with E-state index in [9.17, 15) is 9.18 Å². The molecule has 9 heteroatoms. The number of benzene rings is 1. The summed E-state index contributed by atoms with van der Waals surface area (Å²) in [6.45, 7) is 4.76. The maximum Gasteiger partial charge on any atom is 0.268 e. The van der Waals surface area contributed by atoms with E-state index in [0.29, 0.717) is 24.6 Å². The van der Waals surface area contributed by atoms with Crippen LogP contribution in [0.2, 0.25) is 0 Å². The molecule has 1 saturated heterocycles. The monoisotopic (exact) mass is 531 g/mol. The number of hydrogen-bond acceptors (Lipinski definition) is 6. The molecule has 2 saturated carbocycles. The first kappa shape index (κ1) is 24.8. The maximum absolute atomic E-state index is 13.3. The minimum Gasteiger partial charge on any atom is -0.369 e. The topological polar surface area (TPSA) is 78.3 Å². The standard InChI is InChI=1S/C30H38FN7O/c31-22-4-8-24(9-5-22)36-14-16-37(17-15-36)25-10-6-23(7-11-25)34-29-32-19-21-18-26-28(39)33-20-30(12-2-1-3-13-30)38(26)27(21)35-29/h4-5,8-9,18-19,23,25H,1-3,6-7,10-17,20H2,(H,33,39)(H,32,34,35)/t23-,25-. The lowest BCUT2D eigenvalue weighted by atomic mass is 9.80. The molecular formula is C30H38FN7O. The Balaban J connectivity index is 0.992. The zero-order valence-electron chi connectivity index (χ0n) is 22.5. The van der Waals surface area contributed by atoms with Gasteiger partial charge in [0.15, 0.2) is 0 Å². The zero-order chi connectivity index (χ0) is 26.4. The number of nitrogens with zero attached hydrogens (tertiary/aromatic N) is 5. The van der Waals surface area contributed by atoms with Gasteiger partial charge in [0.25, 0.3) is 5.91 Å². The number of amides is 1. The zero-order valence-corrected chi connectivity index (χ0v) is 22.5. The minimum atomic E-state index is -0.179. The van der Waals surface area contributed by atoms with Gasteiger partial charge in [-0.2, -0.15) is 4.98 Å². The Morgan fingerprint density at radius 1 is 0.974 bits per heavy atom. The van der Waals surface area contributed by atoms with Crippen molar-refractivity contribution in [3.8, 4) is 0 Å². The number of nitrogens with one attached hydrogen (secondary N) is 2. The van der Waals surface area contributed by atoms with Gasteiger partial charge in [-0.3, -0.25) is 9.69 Å². The highest BCUT2D eigenvalue weighted by Crippen LogP contribution is 2.40. The highest BCUT2D eigenvalue weighted by molar-refractivity contribution is 5.99. The molecule has 2 aliphatic heterocycles. The summed E-state index contributed by atoms with van der Waals surface area (Å²) < 4.78 is 15.5. The van der Waals surface area contributed by atoms with Crippen molar-refractivity contribution >= 4 is 28.6 Å². The van der Waals surface area contributed by atoms with E-state index in [0.717, 1.165) is 74.3 Å². The van der Waals surface area contributed by atoms with E-state index in [-0.39, 0.29) is 17.3 Å². The highest BCUT2D eigenvalue weighted by atomic mass is 19.1. The summed E-state index contributed by atoms with van der Waals surface area (Å²) in [4.78, 5) is 27.4. The van der Waals surface area contributed by atoms with Gasteiger partial charge < -0.3 is 20.1 Å². The van der Waals surface area contributed by atoms with E-state index in [1.54, 1.807) is 12.1 Å². The number of rotatable bonds is 4. The van der Waals surface area contributed by atoms with E-state index in [2.05, 4.69) is 30.0 Å². The van der Waals surface area contributed by atoms with Crippen LogP contribution in [-0.2, 0) is 5.54 Å². The summed E-state index contributed by atoms with van der Waals surface area (Å²) in [7, 11) is 0. The van der Waals surface area contributed by atoms with Crippen molar-refractivity contribution < 1.29 is 9.18 Å². The van der Waals surface area contributed by atoms with Crippen molar-refractivity contribution in [1.82, 2.24) is 24.8 Å². The second-order valence-electron chi connectivity index (χ2n) is 12.0. The predicted octanol–water partition coefficient (Wildman–Crippen LogP) is 4.52. The first-order chi connectivity index (χ1) is 19.1. The van der Waals surface area contributed by atoms with Gasteiger partial charge in [0.2, 0.25) is 5.95 Å². The summed E-state index contributed by atoms with van der Waals surface area (Å²) in [5, 5.41) is 7.72. The van der Waals surface area contributed by atoms with Gasteiger partial charge in [-0.25, -0.2) is 9.37 Å². The summed E-state index contributed by atoms with van der Waals surface area (Å²) in [5.74, 6) is 0.494. The Hall–Kier alpha value is -3.20. The van der Waals surface area contributed by atoms with E-state index in [1.165, 1.54) is 32.1 Å². The molecule has 2 aliphatic carbocycles. The highest BCUT2D eigenvalue weighted by Gasteiger charge is 2.41. The van der Waals surface area contributed by atoms with Crippen LogP contribution in [0.25, 0.3) is 11.0 Å². The van der Waals surface area contributed by atoms with Gasteiger partial charge in [0, 0.05) is 62.1 Å². The molecule has 2 N–H and O–H groups in total. The van der Waals surface area contributed by atoms with E-state index < -0.39 is 0 Å². The number of piperazine rings is 1. The van der Waals surface area contributed by atoms with E-state index >= 15 is 0 Å². The quantitative estimate of drug-likeness (QED) is 0.516. The van der Waals surface area contributed by atoms with Crippen LogP contribution in [-0.4, -0.2) is 70.1 Å². The smallest absolute Gasteiger partial charge is 0.268 e. The van der Waals surface area contributed by atoms with Crippen LogP contribution in [0.3, 0.4) is 0 Å². The molecule has 0 atom stereocenters. The Morgan fingerprint density at radius 2 is 1.72 bits per heavy atom. The Bertz CT molecular complexity index is 1330. The third-order valence-corrected chi connectivity index (χ3v) is 9.66. The molecule has 3 aromatic rings. The first-order valence-corrected chi connectivity index (χ1v) is 14.8. The number of anilines is 2. The second-order valence-corrected chi connectivity index (χ2v) is 12.0. The fourth-order valence-electron chi connectivity index (χ4n) is 7.50. The SMILES string of the molecule is O=C1NCC2(CCCCC2)n2c1cc1cnc(N[C@H]3CC[C@H](N4CCN(c5ccc(F)cc5)CC4)CC3)nc12. The molecule has 0 bridgehead atoms. The van der Waals surface area contributed by atoms with Crippen LogP contribution in [0.15, 0.2) is 36.5 Å². The molecule has 0 unspecified atom stereocenters. The Labute approximate surface area is 229 Å². The van der Waals surface area contributed by atoms with E-state index in [4.69, 9.17) is 4.98 Å². The average molecular weight is 532 g/mol. The van der Waals surface area contributed by atoms with Gasteiger partial charge in [-0.05, 0) is 68.9 Å². The molecule has 7 rings (SSSR count). The van der Waals surface area contributed by atoms with Crippen molar-refractivity contribution in [2.75, 3.05) is 42.9 Å². The fourth-order valence-corrected chi connectivity index (χ4v) is 7.50. The number of carbonyl (C=O) groups is 1. The Kier molecular flexibility index (Phi) is 6.41. The van der Waals surface area contributed by atoms with Gasteiger partial charge >= 0.3 is 0 Å². The lowest BCUT2D eigenvalue weighted by molar-refractivity contribution is 0.0833. The van der Waals surface area contributed by atoms with Crippen LogP contribution in [0, 0.1) is 5.82 Å². The van der Waals surface area contributed by atoms with Crippen molar-refractivity contribution in [3.05, 3.63) is 48.0 Å². The lowest BCUT2D eigenvalue weighted by Gasteiger charge is -2.43. The number of halogens is 1. The number of carbonyl (C=O) groups excluding carboxylic acids is 1. The molecule has 1 amide bonds. The summed E-state index contributed by atoms with van der Waals surface area (Å²) in [5.41, 5.74) is 2.67. The maximum atomic E-state index is 13.3. The lowest BCUT2D eigenvalue weighted by Crippen LogP contribution is -2.52. The second kappa shape index (κ2) is 10.1. The molecule has 4 aliphatic rings. The minimum absolute atomic E-state index is 0.00414. The fraction of sp³-hybridized carbons (Fsp3) is 0.567. The van der Waals surface area contributed by atoms with Gasteiger partial charge in [0.1, 0.15) is 17.2 Å². The molecular weight excluding hydrogens is 493 g/mol. The van der Waals surface area contributed by atoms with Gasteiger partial charge in [-0.15, -0.1) is 0 Å². The van der Waals surface area contributed by atoms with Crippen molar-refractivity contribution in [2.24, 2.45) is 0 Å².